The van der Waals surface area contributed by atoms with Crippen LogP contribution in [0.4, 0.5) is 0 Å². The summed E-state index contributed by atoms with van der Waals surface area (Å²) in [5.74, 6) is -1.93. The molecule has 15 heteroatoms. The van der Waals surface area contributed by atoms with Crippen LogP contribution in [-0.2, 0) is 14.4 Å². The lowest BCUT2D eigenvalue weighted by Gasteiger charge is -2.24. The van der Waals surface area contributed by atoms with Gasteiger partial charge in [0, 0.05) is 22.7 Å². The van der Waals surface area contributed by atoms with Crippen LogP contribution in [0.3, 0.4) is 0 Å². The molecule has 0 aliphatic heterocycles. The second-order valence-corrected chi connectivity index (χ2v) is 8.40. The second kappa shape index (κ2) is 24.0. The van der Waals surface area contributed by atoms with Gasteiger partial charge in [-0.2, -0.15) is 75.8 Å². The predicted molar refractivity (Wildman–Crippen MR) is 137 cm³/mol. The highest BCUT2D eigenvalue weighted by atomic mass is 32.1. The molecule has 0 radical (unpaired) electrons. The van der Waals surface area contributed by atoms with Crippen LogP contribution in [0.15, 0.2) is 0 Å². The van der Waals surface area contributed by atoms with Crippen molar-refractivity contribution in [2.24, 2.45) is 5.41 Å². The average Bonchev–Trinajstić information content (AvgIpc) is 2.74. The molecule has 0 amide bonds. The predicted octanol–water partition coefficient (Wildman–Crippen LogP) is 0.257. The Morgan fingerprint density at radius 1 is 0.667 bits per heavy atom. The first kappa shape index (κ1) is 37.7. The standard InChI is InChI=1S/C6H14O3.3C3H6O2S2/c1-2-6(3-7,4-8)5-9;3*4-3(5)2(7)1-6/h7-9H,2-5H2,1H3;3*2,6-7H,1H2,(H,4,5). The number of hydrogen-bond acceptors (Lipinski definition) is 12. The van der Waals surface area contributed by atoms with Gasteiger partial charge in [0.15, 0.2) is 0 Å². The summed E-state index contributed by atoms with van der Waals surface area (Å²) in [7, 11) is 0. The van der Waals surface area contributed by atoms with Crippen LogP contribution in [0.5, 0.6) is 0 Å². The molecule has 0 fully saturated rings. The molecule has 3 unspecified atom stereocenters. The molecule has 0 aliphatic rings. The van der Waals surface area contributed by atoms with Gasteiger partial charge in [0.25, 0.3) is 0 Å². The van der Waals surface area contributed by atoms with E-state index in [1.54, 1.807) is 0 Å². The third-order valence-corrected chi connectivity index (χ3v) is 6.30. The van der Waals surface area contributed by atoms with Crippen molar-refractivity contribution in [2.45, 2.75) is 29.1 Å². The molecular weight excluding hydrogens is 517 g/mol. The SMILES string of the molecule is CCC(CO)(CO)CO.O=C(O)C(S)CS.O=C(O)C(S)CS.O=C(O)C(S)CS. The van der Waals surface area contributed by atoms with Crippen molar-refractivity contribution < 1.29 is 45.0 Å². The minimum atomic E-state index is -0.918. The smallest absolute Gasteiger partial charge is 0.317 e. The Morgan fingerprint density at radius 2 is 0.867 bits per heavy atom. The first-order chi connectivity index (χ1) is 13.8. The van der Waals surface area contributed by atoms with E-state index in [1.165, 1.54) is 0 Å². The molecule has 0 spiro atoms. The number of aliphatic carboxylic acids is 3. The van der Waals surface area contributed by atoms with E-state index < -0.39 is 39.1 Å². The molecule has 0 aromatic carbocycles. The van der Waals surface area contributed by atoms with E-state index >= 15 is 0 Å². The zero-order valence-corrected chi connectivity index (χ0v) is 21.6. The Labute approximate surface area is 209 Å². The van der Waals surface area contributed by atoms with Crippen LogP contribution in [0.1, 0.15) is 13.3 Å². The van der Waals surface area contributed by atoms with Crippen molar-refractivity contribution in [1.82, 2.24) is 0 Å². The Kier molecular flexibility index (Phi) is 30.2. The molecule has 0 aromatic rings. The average molecular weight is 549 g/mol. The summed E-state index contributed by atoms with van der Waals surface area (Å²) < 4.78 is 0. The largest absolute Gasteiger partial charge is 0.480 e. The van der Waals surface area contributed by atoms with Crippen LogP contribution < -0.4 is 0 Å². The summed E-state index contributed by atoms with van der Waals surface area (Å²) >= 11 is 22.0. The quantitative estimate of drug-likeness (QED) is 0.171. The van der Waals surface area contributed by atoms with Gasteiger partial charge in [-0.25, -0.2) is 0 Å². The first-order valence-electron chi connectivity index (χ1n) is 8.17. The summed E-state index contributed by atoms with van der Waals surface area (Å²) in [6.07, 6.45) is 0.594. The van der Waals surface area contributed by atoms with E-state index in [4.69, 9.17) is 30.6 Å². The third-order valence-electron chi connectivity index (χ3n) is 3.13. The molecular formula is C15H32O9S6. The van der Waals surface area contributed by atoms with Crippen LogP contribution in [0.2, 0.25) is 0 Å². The number of thiol groups is 6. The molecule has 3 atom stereocenters. The molecule has 182 valence electrons. The maximum Gasteiger partial charge on any atom is 0.317 e. The number of aliphatic hydroxyl groups excluding tert-OH is 3. The number of carboxylic acids is 3. The molecule has 0 bridgehead atoms. The van der Waals surface area contributed by atoms with Gasteiger partial charge in [-0.15, -0.1) is 0 Å². The van der Waals surface area contributed by atoms with Crippen LogP contribution >= 0.6 is 75.8 Å². The van der Waals surface area contributed by atoms with Gasteiger partial charge in [-0.1, -0.05) is 6.92 Å². The van der Waals surface area contributed by atoms with Gasteiger partial charge < -0.3 is 30.6 Å². The topological polar surface area (TPSA) is 173 Å². The van der Waals surface area contributed by atoms with Gasteiger partial charge in [-0.05, 0) is 6.42 Å². The van der Waals surface area contributed by atoms with E-state index in [9.17, 15) is 14.4 Å². The summed E-state index contributed by atoms with van der Waals surface area (Å²) in [5.41, 5.74) is -0.667. The van der Waals surface area contributed by atoms with E-state index in [0.29, 0.717) is 6.42 Å². The Balaban J connectivity index is -0.000000151. The number of rotatable bonds is 10. The summed E-state index contributed by atoms with van der Waals surface area (Å²) in [5, 5.41) is 48.3. The zero-order valence-electron chi connectivity index (χ0n) is 16.3. The van der Waals surface area contributed by atoms with E-state index in [-0.39, 0.29) is 37.1 Å². The number of carbonyl (C=O) groups is 3. The summed E-state index contributed by atoms with van der Waals surface area (Å²) in [6, 6.07) is 0. The fraction of sp³-hybridized carbons (Fsp3) is 0.800. The van der Waals surface area contributed by atoms with E-state index in [0.717, 1.165) is 0 Å². The zero-order chi connectivity index (χ0) is 24.9. The molecule has 6 N–H and O–H groups in total. The number of aliphatic hydroxyl groups is 3. The van der Waals surface area contributed by atoms with Crippen molar-refractivity contribution in [3.8, 4) is 0 Å². The maximum absolute atomic E-state index is 9.81. The normalized spacial score (nSPS) is 13.0. The van der Waals surface area contributed by atoms with E-state index in [2.05, 4.69) is 75.8 Å². The highest BCUT2D eigenvalue weighted by Crippen LogP contribution is 2.18. The molecule has 9 nitrogen and oxygen atoms in total. The second-order valence-electron chi connectivity index (χ2n) is 5.44. The Morgan fingerprint density at radius 3 is 0.867 bits per heavy atom. The lowest BCUT2D eigenvalue weighted by Crippen LogP contribution is -2.32. The fourth-order valence-corrected chi connectivity index (χ4v) is 1.19. The van der Waals surface area contributed by atoms with E-state index in [1.807, 2.05) is 6.92 Å². The van der Waals surface area contributed by atoms with Gasteiger partial charge in [0.2, 0.25) is 0 Å². The van der Waals surface area contributed by atoms with Crippen molar-refractivity contribution >= 4 is 93.7 Å². The van der Waals surface area contributed by atoms with Gasteiger partial charge in [0.1, 0.15) is 15.7 Å². The highest BCUT2D eigenvalue weighted by Gasteiger charge is 2.24. The number of carboxylic acid groups (broad SMARTS) is 3. The monoisotopic (exact) mass is 548 g/mol. The van der Waals surface area contributed by atoms with Crippen molar-refractivity contribution in [2.75, 3.05) is 37.1 Å². The summed E-state index contributed by atoms with van der Waals surface area (Å²) in [6.45, 7) is 1.35. The molecule has 0 aliphatic carbocycles. The van der Waals surface area contributed by atoms with Crippen LogP contribution in [-0.4, -0.2) is 101 Å². The summed E-state index contributed by atoms with van der Waals surface area (Å²) in [4.78, 5) is 29.4. The first-order valence-corrected chi connectivity index (χ1v) is 11.6. The van der Waals surface area contributed by atoms with Crippen molar-refractivity contribution in [3.63, 3.8) is 0 Å². The van der Waals surface area contributed by atoms with Gasteiger partial charge in [0.05, 0.1) is 19.8 Å². The third kappa shape index (κ3) is 23.1. The molecule has 30 heavy (non-hydrogen) atoms. The molecule has 0 saturated carbocycles. The van der Waals surface area contributed by atoms with Crippen LogP contribution in [0, 0.1) is 5.41 Å². The Hall–Kier alpha value is 0.390. The Bertz CT molecular complexity index is 387. The van der Waals surface area contributed by atoms with Crippen molar-refractivity contribution in [3.05, 3.63) is 0 Å². The van der Waals surface area contributed by atoms with Gasteiger partial charge in [-0.3, -0.25) is 14.4 Å². The number of hydrogen-bond donors (Lipinski definition) is 12. The van der Waals surface area contributed by atoms with Crippen molar-refractivity contribution in [1.29, 1.82) is 0 Å². The maximum atomic E-state index is 9.81. The lowest BCUT2D eigenvalue weighted by molar-refractivity contribution is -0.136. The molecule has 0 rings (SSSR count). The molecule has 0 heterocycles. The molecule has 0 saturated heterocycles. The highest BCUT2D eigenvalue weighted by molar-refractivity contribution is 7.86. The van der Waals surface area contributed by atoms with Crippen LogP contribution in [0.25, 0.3) is 0 Å². The lowest BCUT2D eigenvalue weighted by atomic mass is 9.88. The fourth-order valence-electron chi connectivity index (χ4n) is 0.720. The minimum absolute atomic E-state index is 0.156. The molecule has 0 aromatic heterocycles. The van der Waals surface area contributed by atoms with Gasteiger partial charge >= 0.3 is 17.9 Å². The minimum Gasteiger partial charge on any atom is -0.480 e.